The van der Waals surface area contributed by atoms with E-state index in [1.807, 2.05) is 0 Å². The van der Waals surface area contributed by atoms with Gasteiger partial charge in [-0.1, -0.05) is 6.92 Å². The van der Waals surface area contributed by atoms with Crippen molar-refractivity contribution in [2.24, 2.45) is 11.3 Å². The molecule has 0 spiro atoms. The summed E-state index contributed by atoms with van der Waals surface area (Å²) in [6.07, 6.45) is 4.29. The second-order valence-electron chi connectivity index (χ2n) is 5.38. The smallest absolute Gasteiger partial charge is 0.00450 e. The molecule has 2 nitrogen and oxygen atoms in total. The van der Waals surface area contributed by atoms with Gasteiger partial charge in [-0.3, -0.25) is 0 Å². The van der Waals surface area contributed by atoms with Crippen LogP contribution in [0.3, 0.4) is 0 Å². The molecule has 2 heteroatoms. The molecule has 2 rings (SSSR count). The maximum Gasteiger partial charge on any atom is 0.00450 e. The highest BCUT2D eigenvalue weighted by molar-refractivity contribution is 4.87. The Morgan fingerprint density at radius 2 is 2.23 bits per heavy atom. The van der Waals surface area contributed by atoms with E-state index < -0.39 is 0 Å². The molecule has 0 amide bonds. The summed E-state index contributed by atoms with van der Waals surface area (Å²) >= 11 is 0. The molecule has 1 aliphatic heterocycles. The van der Waals surface area contributed by atoms with Crippen molar-refractivity contribution in [1.82, 2.24) is 10.2 Å². The highest BCUT2D eigenvalue weighted by Crippen LogP contribution is 2.31. The van der Waals surface area contributed by atoms with E-state index in [0.717, 1.165) is 5.92 Å². The Kier molecular flexibility index (Phi) is 2.61. The van der Waals surface area contributed by atoms with E-state index in [1.54, 1.807) is 0 Å². The highest BCUT2D eigenvalue weighted by atomic mass is 15.1. The fourth-order valence-corrected chi connectivity index (χ4v) is 2.46. The van der Waals surface area contributed by atoms with Crippen molar-refractivity contribution in [2.75, 3.05) is 33.2 Å². The van der Waals surface area contributed by atoms with Gasteiger partial charge in [-0.2, -0.15) is 0 Å². The molecule has 1 saturated heterocycles. The number of hydrogen-bond acceptors (Lipinski definition) is 2. The number of nitrogens with zero attached hydrogens (tertiary/aromatic N) is 1. The molecule has 1 N–H and O–H groups in total. The summed E-state index contributed by atoms with van der Waals surface area (Å²) in [6.45, 7) is 7.44. The van der Waals surface area contributed by atoms with E-state index >= 15 is 0 Å². The van der Waals surface area contributed by atoms with Gasteiger partial charge in [0.15, 0.2) is 0 Å². The van der Waals surface area contributed by atoms with Crippen molar-refractivity contribution in [2.45, 2.75) is 26.2 Å². The van der Waals surface area contributed by atoms with Gasteiger partial charge in [-0.05, 0) is 44.2 Å². The summed E-state index contributed by atoms with van der Waals surface area (Å²) in [5, 5.41) is 3.46. The minimum absolute atomic E-state index is 0.545. The minimum atomic E-state index is 0.545. The zero-order valence-corrected chi connectivity index (χ0v) is 8.97. The van der Waals surface area contributed by atoms with Gasteiger partial charge in [0, 0.05) is 19.6 Å². The van der Waals surface area contributed by atoms with Crippen LogP contribution < -0.4 is 5.32 Å². The standard InChI is InChI=1S/C11H22N2/c1-11(5-6-12-8-11)9-13(2)7-10-3-4-10/h10,12H,3-9H2,1-2H3. The fourth-order valence-electron chi connectivity index (χ4n) is 2.46. The SMILES string of the molecule is CN(CC1CC1)CC1(C)CCNC1. The van der Waals surface area contributed by atoms with Crippen LogP contribution in [0.2, 0.25) is 0 Å². The van der Waals surface area contributed by atoms with Gasteiger partial charge in [0.1, 0.15) is 0 Å². The summed E-state index contributed by atoms with van der Waals surface area (Å²) in [5.41, 5.74) is 0.545. The van der Waals surface area contributed by atoms with Crippen LogP contribution in [0.4, 0.5) is 0 Å². The van der Waals surface area contributed by atoms with Crippen LogP contribution in [-0.4, -0.2) is 38.1 Å². The number of hydrogen-bond donors (Lipinski definition) is 1. The van der Waals surface area contributed by atoms with Crippen molar-refractivity contribution >= 4 is 0 Å². The van der Waals surface area contributed by atoms with E-state index in [0.29, 0.717) is 5.41 Å². The third kappa shape index (κ3) is 2.68. The number of rotatable bonds is 4. The molecule has 1 aliphatic carbocycles. The average molecular weight is 182 g/mol. The third-order valence-electron chi connectivity index (χ3n) is 3.38. The van der Waals surface area contributed by atoms with Gasteiger partial charge < -0.3 is 10.2 Å². The van der Waals surface area contributed by atoms with E-state index in [-0.39, 0.29) is 0 Å². The Morgan fingerprint density at radius 1 is 1.46 bits per heavy atom. The van der Waals surface area contributed by atoms with Gasteiger partial charge in [0.2, 0.25) is 0 Å². The molecule has 1 unspecified atom stereocenters. The Bertz CT molecular complexity index is 169. The molecule has 1 heterocycles. The molecular formula is C11H22N2. The molecule has 0 aromatic rings. The van der Waals surface area contributed by atoms with Crippen LogP contribution in [0.15, 0.2) is 0 Å². The van der Waals surface area contributed by atoms with Gasteiger partial charge in [-0.25, -0.2) is 0 Å². The molecule has 2 fully saturated rings. The highest BCUT2D eigenvalue weighted by Gasteiger charge is 2.31. The monoisotopic (exact) mass is 182 g/mol. The first-order valence-corrected chi connectivity index (χ1v) is 5.57. The first kappa shape index (κ1) is 9.47. The van der Waals surface area contributed by atoms with Crippen LogP contribution in [0.25, 0.3) is 0 Å². The van der Waals surface area contributed by atoms with E-state index in [1.165, 1.54) is 45.4 Å². The molecular weight excluding hydrogens is 160 g/mol. The molecule has 13 heavy (non-hydrogen) atoms. The van der Waals surface area contributed by atoms with Gasteiger partial charge in [0.25, 0.3) is 0 Å². The maximum atomic E-state index is 3.46. The van der Waals surface area contributed by atoms with Gasteiger partial charge in [-0.15, -0.1) is 0 Å². The van der Waals surface area contributed by atoms with Crippen LogP contribution in [0.1, 0.15) is 26.2 Å². The van der Waals surface area contributed by atoms with Crippen molar-refractivity contribution < 1.29 is 0 Å². The Balaban J connectivity index is 1.74. The summed E-state index contributed by atoms with van der Waals surface area (Å²) in [7, 11) is 2.28. The predicted octanol–water partition coefficient (Wildman–Crippen LogP) is 1.33. The van der Waals surface area contributed by atoms with Gasteiger partial charge >= 0.3 is 0 Å². The molecule has 0 aromatic carbocycles. The summed E-state index contributed by atoms with van der Waals surface area (Å²) in [5.74, 6) is 1.03. The minimum Gasteiger partial charge on any atom is -0.316 e. The molecule has 0 bridgehead atoms. The Hall–Kier alpha value is -0.0800. The lowest BCUT2D eigenvalue weighted by molar-refractivity contribution is 0.203. The predicted molar refractivity (Wildman–Crippen MR) is 55.8 cm³/mol. The normalized spacial score (nSPS) is 34.4. The van der Waals surface area contributed by atoms with Crippen molar-refractivity contribution in [1.29, 1.82) is 0 Å². The van der Waals surface area contributed by atoms with Crippen molar-refractivity contribution in [3.05, 3.63) is 0 Å². The zero-order chi connectivity index (χ0) is 9.31. The van der Waals surface area contributed by atoms with E-state index in [9.17, 15) is 0 Å². The van der Waals surface area contributed by atoms with Crippen LogP contribution in [0.5, 0.6) is 0 Å². The largest absolute Gasteiger partial charge is 0.316 e. The second-order valence-corrected chi connectivity index (χ2v) is 5.38. The van der Waals surface area contributed by atoms with E-state index in [4.69, 9.17) is 0 Å². The lowest BCUT2D eigenvalue weighted by Crippen LogP contribution is -2.36. The number of nitrogens with one attached hydrogen (secondary N) is 1. The lowest BCUT2D eigenvalue weighted by atomic mass is 9.89. The van der Waals surface area contributed by atoms with Crippen molar-refractivity contribution in [3.8, 4) is 0 Å². The molecule has 0 radical (unpaired) electrons. The van der Waals surface area contributed by atoms with Crippen LogP contribution in [-0.2, 0) is 0 Å². The maximum absolute atomic E-state index is 3.46. The molecule has 76 valence electrons. The lowest BCUT2D eigenvalue weighted by Gasteiger charge is -2.29. The van der Waals surface area contributed by atoms with Crippen molar-refractivity contribution in [3.63, 3.8) is 0 Å². The first-order chi connectivity index (χ1) is 6.18. The fraction of sp³-hybridized carbons (Fsp3) is 1.00. The Labute approximate surface area is 81.7 Å². The molecule has 1 saturated carbocycles. The molecule has 1 atom stereocenters. The summed E-state index contributed by atoms with van der Waals surface area (Å²) < 4.78 is 0. The summed E-state index contributed by atoms with van der Waals surface area (Å²) in [4.78, 5) is 2.53. The molecule has 0 aromatic heterocycles. The summed E-state index contributed by atoms with van der Waals surface area (Å²) in [6, 6.07) is 0. The van der Waals surface area contributed by atoms with Gasteiger partial charge in [0.05, 0.1) is 0 Å². The Morgan fingerprint density at radius 3 is 2.77 bits per heavy atom. The first-order valence-electron chi connectivity index (χ1n) is 5.57. The van der Waals surface area contributed by atoms with Crippen LogP contribution >= 0.6 is 0 Å². The zero-order valence-electron chi connectivity index (χ0n) is 8.97. The van der Waals surface area contributed by atoms with Crippen LogP contribution in [0, 0.1) is 11.3 Å². The quantitative estimate of drug-likeness (QED) is 0.705. The third-order valence-corrected chi connectivity index (χ3v) is 3.38. The molecule has 2 aliphatic rings. The topological polar surface area (TPSA) is 15.3 Å². The second kappa shape index (κ2) is 3.58. The van der Waals surface area contributed by atoms with E-state index in [2.05, 4.69) is 24.2 Å². The average Bonchev–Trinajstić information content (AvgIpc) is 2.74.